The highest BCUT2D eigenvalue weighted by Crippen LogP contribution is 2.33. The minimum atomic E-state index is -0.405. The largest absolute Gasteiger partial charge is 0.277 e. The maximum Gasteiger partial charge on any atom is 0.277 e. The lowest BCUT2D eigenvalue weighted by Gasteiger charge is -2.03. The third-order valence-electron chi connectivity index (χ3n) is 4.32. The van der Waals surface area contributed by atoms with Crippen molar-refractivity contribution in [1.82, 2.24) is 0 Å². The van der Waals surface area contributed by atoms with E-state index in [9.17, 15) is 10.1 Å². The van der Waals surface area contributed by atoms with Gasteiger partial charge in [0.1, 0.15) is 0 Å². The molecule has 0 radical (unpaired) electrons. The lowest BCUT2D eigenvalue weighted by molar-refractivity contribution is -0.383. The van der Waals surface area contributed by atoms with Crippen LogP contribution in [0.4, 0.5) is 28.4 Å². The van der Waals surface area contributed by atoms with E-state index in [2.05, 4.69) is 26.0 Å². The lowest BCUT2D eigenvalue weighted by Crippen LogP contribution is -1.89. The van der Waals surface area contributed by atoms with Crippen molar-refractivity contribution < 1.29 is 4.92 Å². The molecule has 0 aliphatic rings. The van der Waals surface area contributed by atoms with E-state index in [1.165, 1.54) is 6.07 Å². The summed E-state index contributed by atoms with van der Waals surface area (Å²) in [6.07, 6.45) is 0. The molecular weight excluding hydrogens is 380 g/mol. The number of fused-ring (bicyclic) bond motifs is 1. The quantitative estimate of drug-likeness (QED) is 0.210. The van der Waals surface area contributed by atoms with Crippen molar-refractivity contribution in [1.29, 1.82) is 0 Å². The number of nitro groups is 1. The Morgan fingerprint density at radius 2 is 1.30 bits per heavy atom. The second-order valence-electron chi connectivity index (χ2n) is 6.30. The molecule has 0 amide bonds. The Morgan fingerprint density at radius 3 is 2.00 bits per heavy atom. The molecule has 0 atom stereocenters. The van der Waals surface area contributed by atoms with Gasteiger partial charge in [-0.25, -0.2) is 0 Å². The topological polar surface area (TPSA) is 105 Å². The Morgan fingerprint density at radius 1 is 0.667 bits per heavy atom. The zero-order valence-corrected chi connectivity index (χ0v) is 15.7. The summed E-state index contributed by atoms with van der Waals surface area (Å²) < 4.78 is 0. The number of nitrogens with one attached hydrogen (secondary N) is 1. The number of azo groups is 1. The molecule has 8 nitrogen and oxygen atoms in total. The summed E-state index contributed by atoms with van der Waals surface area (Å²) in [6, 6.07) is 26.8. The van der Waals surface area contributed by atoms with Crippen LogP contribution in [0.3, 0.4) is 0 Å². The third-order valence-corrected chi connectivity index (χ3v) is 4.32. The molecule has 0 fully saturated rings. The molecule has 0 aliphatic carbocycles. The molecule has 4 aromatic carbocycles. The molecule has 0 aromatic heterocycles. The number of non-ortho nitro benzene ring substituents is 1. The molecule has 0 spiro atoms. The zero-order valence-electron chi connectivity index (χ0n) is 15.7. The Kier molecular flexibility index (Phi) is 5.47. The average Bonchev–Trinajstić information content (AvgIpc) is 2.79. The summed E-state index contributed by atoms with van der Waals surface area (Å²) in [5.74, 6) is 0. The Balaban J connectivity index is 1.47. The summed E-state index contributed by atoms with van der Waals surface area (Å²) >= 11 is 0. The van der Waals surface area contributed by atoms with Crippen LogP contribution in [0, 0.1) is 10.1 Å². The highest BCUT2D eigenvalue weighted by Gasteiger charge is 2.13. The van der Waals surface area contributed by atoms with Gasteiger partial charge in [-0.3, -0.25) is 15.5 Å². The molecule has 0 bridgehead atoms. The summed E-state index contributed by atoms with van der Waals surface area (Å²) in [6.45, 7) is 0. The van der Waals surface area contributed by atoms with E-state index in [4.69, 9.17) is 0 Å². The molecule has 0 saturated heterocycles. The van der Waals surface area contributed by atoms with Gasteiger partial charge in [-0.05, 0) is 48.5 Å². The highest BCUT2D eigenvalue weighted by molar-refractivity contribution is 5.98. The van der Waals surface area contributed by atoms with E-state index in [1.54, 1.807) is 30.3 Å². The van der Waals surface area contributed by atoms with Crippen molar-refractivity contribution >= 4 is 39.2 Å². The fraction of sp³-hybridized carbons (Fsp3) is 0. The Bertz CT molecular complexity index is 1240. The summed E-state index contributed by atoms with van der Waals surface area (Å²) in [5.41, 5.74) is 5.64. The summed E-state index contributed by atoms with van der Waals surface area (Å²) in [5, 5.41) is 28.9. The van der Waals surface area contributed by atoms with Crippen molar-refractivity contribution in [2.45, 2.75) is 0 Å². The number of anilines is 1. The second kappa shape index (κ2) is 8.70. The minimum absolute atomic E-state index is 0.0396. The number of hydrogen-bond acceptors (Lipinski definition) is 6. The first-order chi connectivity index (χ1) is 14.7. The van der Waals surface area contributed by atoms with Crippen LogP contribution in [0.5, 0.6) is 0 Å². The Labute approximate surface area is 171 Å². The van der Waals surface area contributed by atoms with Crippen LogP contribution in [0.25, 0.3) is 10.8 Å². The molecule has 0 unspecified atom stereocenters. The number of hydrogen-bond donors (Lipinski definition) is 1. The maximum atomic E-state index is 11.2. The third kappa shape index (κ3) is 4.33. The standard InChI is InChI=1S/C22H16N6O2/c29-28(30)22-15-14-21(19-8-4-5-9-20(19)22)26-27-25-18-12-10-17(11-13-18)24-23-16-6-2-1-3-7-16/h1-15H,(H,25,26). The average molecular weight is 396 g/mol. The van der Waals surface area contributed by atoms with Crippen LogP contribution < -0.4 is 5.43 Å². The zero-order chi connectivity index (χ0) is 20.8. The highest BCUT2D eigenvalue weighted by atomic mass is 16.6. The predicted octanol–water partition coefficient (Wildman–Crippen LogP) is 7.27. The molecule has 0 heterocycles. The first kappa shape index (κ1) is 18.9. The smallest absolute Gasteiger partial charge is 0.260 e. The van der Waals surface area contributed by atoms with Crippen LogP contribution in [0.15, 0.2) is 112 Å². The van der Waals surface area contributed by atoms with E-state index >= 15 is 0 Å². The fourth-order valence-corrected chi connectivity index (χ4v) is 2.86. The summed E-state index contributed by atoms with van der Waals surface area (Å²) in [4.78, 5) is 10.8. The molecule has 8 heteroatoms. The van der Waals surface area contributed by atoms with Gasteiger partial charge >= 0.3 is 0 Å². The Hall–Kier alpha value is -4.46. The molecule has 0 saturated carbocycles. The van der Waals surface area contributed by atoms with Gasteiger partial charge < -0.3 is 0 Å². The number of benzene rings is 4. The van der Waals surface area contributed by atoms with E-state index < -0.39 is 4.92 Å². The molecule has 4 aromatic rings. The molecule has 0 aliphatic heterocycles. The number of nitrogens with zero attached hydrogens (tertiary/aromatic N) is 5. The van der Waals surface area contributed by atoms with Crippen molar-refractivity contribution in [3.63, 3.8) is 0 Å². The van der Waals surface area contributed by atoms with E-state index in [0.29, 0.717) is 22.1 Å². The van der Waals surface area contributed by atoms with Crippen LogP contribution in [0.1, 0.15) is 0 Å². The van der Waals surface area contributed by atoms with E-state index in [1.807, 2.05) is 54.6 Å². The van der Waals surface area contributed by atoms with Gasteiger partial charge in [0.2, 0.25) is 0 Å². The van der Waals surface area contributed by atoms with Crippen molar-refractivity contribution in [2.24, 2.45) is 20.6 Å². The maximum absolute atomic E-state index is 11.2. The molecule has 30 heavy (non-hydrogen) atoms. The first-order valence-electron chi connectivity index (χ1n) is 9.10. The van der Waals surface area contributed by atoms with Gasteiger partial charge in [0.15, 0.2) is 0 Å². The van der Waals surface area contributed by atoms with E-state index in [0.717, 1.165) is 11.4 Å². The van der Waals surface area contributed by atoms with Gasteiger partial charge in [-0.15, -0.1) is 5.11 Å². The molecular formula is C22H16N6O2. The summed E-state index contributed by atoms with van der Waals surface area (Å²) in [7, 11) is 0. The normalized spacial score (nSPS) is 11.3. The number of rotatable bonds is 6. The van der Waals surface area contributed by atoms with Crippen molar-refractivity contribution in [3.8, 4) is 0 Å². The molecule has 4 rings (SSSR count). The SMILES string of the molecule is O=[N+]([O-])c1ccc(N=NNc2ccc(N=Nc3ccccc3)cc2)c2ccccc12. The fourth-order valence-electron chi connectivity index (χ4n) is 2.86. The van der Waals surface area contributed by atoms with Crippen LogP contribution >= 0.6 is 0 Å². The molecule has 1 N–H and O–H groups in total. The monoisotopic (exact) mass is 396 g/mol. The van der Waals surface area contributed by atoms with Gasteiger partial charge in [0.25, 0.3) is 5.69 Å². The molecule has 146 valence electrons. The van der Waals surface area contributed by atoms with Crippen LogP contribution in [-0.4, -0.2) is 4.92 Å². The van der Waals surface area contributed by atoms with Gasteiger partial charge in [-0.1, -0.05) is 41.6 Å². The van der Waals surface area contributed by atoms with Gasteiger partial charge in [0.05, 0.1) is 33.1 Å². The van der Waals surface area contributed by atoms with Crippen molar-refractivity contribution in [2.75, 3.05) is 5.43 Å². The van der Waals surface area contributed by atoms with Gasteiger partial charge in [-0.2, -0.15) is 10.2 Å². The second-order valence-corrected chi connectivity index (χ2v) is 6.30. The van der Waals surface area contributed by atoms with Crippen LogP contribution in [0.2, 0.25) is 0 Å². The van der Waals surface area contributed by atoms with Gasteiger partial charge in [0, 0.05) is 11.5 Å². The first-order valence-corrected chi connectivity index (χ1v) is 9.10. The predicted molar refractivity (Wildman–Crippen MR) is 116 cm³/mol. The van der Waals surface area contributed by atoms with Crippen LogP contribution in [-0.2, 0) is 0 Å². The minimum Gasteiger partial charge on any atom is -0.260 e. The number of nitro benzene ring substituents is 1. The van der Waals surface area contributed by atoms with Crippen molar-refractivity contribution in [3.05, 3.63) is 101 Å². The lowest BCUT2D eigenvalue weighted by atomic mass is 10.1. The van der Waals surface area contributed by atoms with E-state index in [-0.39, 0.29) is 5.69 Å².